The van der Waals surface area contributed by atoms with Crippen LogP contribution in [-0.4, -0.2) is 44.2 Å². The molecule has 0 spiro atoms. The van der Waals surface area contributed by atoms with Gasteiger partial charge >= 0.3 is 0 Å². The van der Waals surface area contributed by atoms with Crippen molar-refractivity contribution in [3.63, 3.8) is 0 Å². The van der Waals surface area contributed by atoms with Gasteiger partial charge in [0.15, 0.2) is 5.82 Å². The van der Waals surface area contributed by atoms with Crippen LogP contribution in [0.1, 0.15) is 18.7 Å². The second kappa shape index (κ2) is 4.02. The first-order valence-electron chi connectivity index (χ1n) is 4.95. The highest BCUT2D eigenvalue weighted by Crippen LogP contribution is 2.09. The van der Waals surface area contributed by atoms with Gasteiger partial charge in [0, 0.05) is 12.6 Å². The molecule has 1 aromatic rings. The smallest absolute Gasteiger partial charge is 0.188 e. The van der Waals surface area contributed by atoms with E-state index in [1.54, 1.807) is 7.05 Å². The van der Waals surface area contributed by atoms with Crippen LogP contribution in [0.15, 0.2) is 0 Å². The van der Waals surface area contributed by atoms with E-state index >= 15 is 0 Å². The van der Waals surface area contributed by atoms with E-state index in [4.69, 9.17) is 5.73 Å². The lowest BCUT2D eigenvalue weighted by Gasteiger charge is -2.29. The fourth-order valence-corrected chi connectivity index (χ4v) is 1.82. The number of nitrogens with two attached hydrogens (primary N) is 1. The van der Waals surface area contributed by atoms with Gasteiger partial charge in [-0.25, -0.2) is 0 Å². The van der Waals surface area contributed by atoms with E-state index in [2.05, 4.69) is 20.3 Å². The highest BCUT2D eigenvalue weighted by atomic mass is 15.6. The summed E-state index contributed by atoms with van der Waals surface area (Å²) in [6.45, 7) is 2.80. The number of nitrogens with zero attached hydrogens (tertiary/aromatic N) is 5. The lowest BCUT2D eigenvalue weighted by atomic mass is 10.1. The molecule has 1 aliphatic rings. The Morgan fingerprint density at radius 1 is 1.57 bits per heavy atom. The van der Waals surface area contributed by atoms with Gasteiger partial charge in [0.05, 0.1) is 13.6 Å². The molecule has 78 valence electrons. The highest BCUT2D eigenvalue weighted by Gasteiger charge is 2.17. The second-order valence-electron chi connectivity index (χ2n) is 3.83. The third-order valence-electron chi connectivity index (χ3n) is 2.46. The number of aryl methyl sites for hydroxylation is 1. The van der Waals surface area contributed by atoms with E-state index in [-0.39, 0.29) is 0 Å². The molecule has 0 saturated carbocycles. The molecule has 0 aromatic carbocycles. The number of tetrazole rings is 1. The lowest BCUT2D eigenvalue weighted by Crippen LogP contribution is -2.42. The minimum Gasteiger partial charge on any atom is -0.327 e. The first-order chi connectivity index (χ1) is 6.74. The van der Waals surface area contributed by atoms with Crippen molar-refractivity contribution in [2.45, 2.75) is 25.4 Å². The molecule has 2 heterocycles. The van der Waals surface area contributed by atoms with E-state index in [9.17, 15) is 0 Å². The highest BCUT2D eigenvalue weighted by molar-refractivity contribution is 4.81. The Hall–Kier alpha value is -1.01. The summed E-state index contributed by atoms with van der Waals surface area (Å²) in [6.07, 6.45) is 2.30. The first-order valence-corrected chi connectivity index (χ1v) is 4.95. The van der Waals surface area contributed by atoms with Gasteiger partial charge in [0.1, 0.15) is 0 Å². The van der Waals surface area contributed by atoms with Crippen molar-refractivity contribution in [3.05, 3.63) is 5.82 Å². The molecule has 0 amide bonds. The van der Waals surface area contributed by atoms with Crippen LogP contribution >= 0.6 is 0 Å². The largest absolute Gasteiger partial charge is 0.327 e. The van der Waals surface area contributed by atoms with Crippen LogP contribution in [0, 0.1) is 0 Å². The zero-order valence-electron chi connectivity index (χ0n) is 8.43. The number of aromatic nitrogens is 4. The summed E-state index contributed by atoms with van der Waals surface area (Å²) in [5.74, 6) is 0.779. The monoisotopic (exact) mass is 196 g/mol. The van der Waals surface area contributed by atoms with Gasteiger partial charge in [-0.05, 0) is 24.6 Å². The number of rotatable bonds is 2. The Morgan fingerprint density at radius 2 is 2.43 bits per heavy atom. The second-order valence-corrected chi connectivity index (χ2v) is 3.83. The van der Waals surface area contributed by atoms with Crippen molar-refractivity contribution in [1.82, 2.24) is 25.1 Å². The predicted molar refractivity (Wildman–Crippen MR) is 51.3 cm³/mol. The summed E-state index contributed by atoms with van der Waals surface area (Å²) in [7, 11) is 1.78. The minimum absolute atomic E-state index is 0.306. The fourth-order valence-electron chi connectivity index (χ4n) is 1.82. The Kier molecular flexibility index (Phi) is 2.74. The molecule has 1 atom stereocenters. The lowest BCUT2D eigenvalue weighted by molar-refractivity contribution is 0.197. The van der Waals surface area contributed by atoms with E-state index in [0.29, 0.717) is 6.04 Å². The average Bonchev–Trinajstić information content (AvgIpc) is 2.51. The molecular weight excluding hydrogens is 180 g/mol. The summed E-state index contributed by atoms with van der Waals surface area (Å²) in [4.78, 5) is 3.77. The van der Waals surface area contributed by atoms with Crippen molar-refractivity contribution in [2.24, 2.45) is 12.8 Å². The van der Waals surface area contributed by atoms with E-state index in [0.717, 1.165) is 31.9 Å². The fraction of sp³-hybridized carbons (Fsp3) is 0.875. The van der Waals surface area contributed by atoms with Crippen molar-refractivity contribution in [3.8, 4) is 0 Å². The van der Waals surface area contributed by atoms with Crippen molar-refractivity contribution < 1.29 is 0 Å². The molecule has 6 nitrogen and oxygen atoms in total. The van der Waals surface area contributed by atoms with Crippen LogP contribution in [0.3, 0.4) is 0 Å². The molecule has 6 heteroatoms. The molecule has 2 rings (SSSR count). The summed E-state index contributed by atoms with van der Waals surface area (Å²) in [5.41, 5.74) is 5.88. The summed E-state index contributed by atoms with van der Waals surface area (Å²) in [6, 6.07) is 0.306. The molecule has 2 N–H and O–H groups in total. The Morgan fingerprint density at radius 3 is 3.07 bits per heavy atom. The maximum absolute atomic E-state index is 5.88. The quantitative estimate of drug-likeness (QED) is 0.666. The van der Waals surface area contributed by atoms with Crippen LogP contribution < -0.4 is 5.73 Å². The third-order valence-corrected chi connectivity index (χ3v) is 2.46. The van der Waals surface area contributed by atoms with Gasteiger partial charge in [-0.15, -0.1) is 10.2 Å². The normalized spacial score (nSPS) is 24.0. The predicted octanol–water partition coefficient (Wildman–Crippen LogP) is -0.867. The minimum atomic E-state index is 0.306. The van der Waals surface area contributed by atoms with Crippen molar-refractivity contribution in [1.29, 1.82) is 0 Å². The van der Waals surface area contributed by atoms with Gasteiger partial charge in [0.2, 0.25) is 0 Å². The van der Waals surface area contributed by atoms with E-state index in [1.807, 2.05) is 0 Å². The van der Waals surface area contributed by atoms with E-state index in [1.165, 1.54) is 11.2 Å². The van der Waals surface area contributed by atoms with Crippen molar-refractivity contribution in [2.75, 3.05) is 13.1 Å². The number of likely N-dealkylation sites (tertiary alicyclic amines) is 1. The van der Waals surface area contributed by atoms with E-state index < -0.39 is 0 Å². The molecule has 14 heavy (non-hydrogen) atoms. The maximum Gasteiger partial charge on any atom is 0.188 e. The number of hydrogen-bond donors (Lipinski definition) is 1. The molecule has 1 fully saturated rings. The standard InChI is InChI=1S/C8H16N6/c1-13-11-8(10-12-13)6-14-4-2-3-7(9)5-14/h7H,2-6,9H2,1H3. The molecule has 0 radical (unpaired) electrons. The van der Waals surface area contributed by atoms with Gasteiger partial charge in [-0.1, -0.05) is 0 Å². The van der Waals surface area contributed by atoms with Crippen LogP contribution in [0.2, 0.25) is 0 Å². The number of hydrogen-bond acceptors (Lipinski definition) is 5. The van der Waals surface area contributed by atoms with Gasteiger partial charge in [-0.3, -0.25) is 4.90 Å². The molecule has 0 aliphatic carbocycles. The SMILES string of the molecule is Cn1nnc(CN2CCCC(N)C2)n1. The van der Waals surface area contributed by atoms with Crippen LogP contribution in [-0.2, 0) is 13.6 Å². The first kappa shape index (κ1) is 9.54. The molecular formula is C8H16N6. The van der Waals surface area contributed by atoms with Gasteiger partial charge in [0.25, 0.3) is 0 Å². The summed E-state index contributed by atoms with van der Waals surface area (Å²) >= 11 is 0. The third kappa shape index (κ3) is 2.27. The molecule has 0 bridgehead atoms. The Balaban J connectivity index is 1.90. The van der Waals surface area contributed by atoms with Gasteiger partial charge < -0.3 is 5.73 Å². The van der Waals surface area contributed by atoms with Crippen LogP contribution in [0.25, 0.3) is 0 Å². The average molecular weight is 196 g/mol. The summed E-state index contributed by atoms with van der Waals surface area (Å²) in [5, 5.41) is 11.9. The molecule has 1 saturated heterocycles. The molecule has 1 unspecified atom stereocenters. The molecule has 1 aliphatic heterocycles. The Bertz CT molecular complexity index is 296. The maximum atomic E-state index is 5.88. The summed E-state index contributed by atoms with van der Waals surface area (Å²) < 4.78 is 0. The number of piperidine rings is 1. The Labute approximate surface area is 83.1 Å². The van der Waals surface area contributed by atoms with Crippen LogP contribution in [0.5, 0.6) is 0 Å². The zero-order valence-corrected chi connectivity index (χ0v) is 8.43. The molecule has 1 aromatic heterocycles. The topological polar surface area (TPSA) is 72.9 Å². The van der Waals surface area contributed by atoms with Crippen LogP contribution in [0.4, 0.5) is 0 Å². The van der Waals surface area contributed by atoms with Crippen molar-refractivity contribution >= 4 is 0 Å². The van der Waals surface area contributed by atoms with Gasteiger partial charge in [-0.2, -0.15) is 4.80 Å². The zero-order chi connectivity index (χ0) is 9.97.